The number of amides is 1. The van der Waals surface area contributed by atoms with Crippen molar-refractivity contribution in [3.63, 3.8) is 0 Å². The Bertz CT molecular complexity index is 840. The summed E-state index contributed by atoms with van der Waals surface area (Å²) in [5.41, 5.74) is 1.89. The summed E-state index contributed by atoms with van der Waals surface area (Å²) in [6.07, 6.45) is 2.07. The minimum Gasteiger partial charge on any atom is -0.378 e. The molecule has 128 valence electrons. The average molecular weight is 328 g/mol. The van der Waals surface area contributed by atoms with E-state index in [0.29, 0.717) is 28.7 Å². The van der Waals surface area contributed by atoms with Crippen LogP contribution in [0.4, 0.5) is 0 Å². The van der Waals surface area contributed by atoms with Crippen molar-refractivity contribution in [2.75, 3.05) is 0 Å². The Morgan fingerprint density at radius 3 is 2.58 bits per heavy atom. The highest BCUT2D eigenvalue weighted by molar-refractivity contribution is 6.22. The first-order valence-corrected chi connectivity index (χ1v) is 8.00. The molecule has 1 aromatic heterocycles. The maximum absolute atomic E-state index is 12.6. The second-order valence-corrected chi connectivity index (χ2v) is 7.08. The molecule has 1 aromatic rings. The van der Waals surface area contributed by atoms with Crippen LogP contribution in [0, 0.1) is 11.8 Å². The van der Waals surface area contributed by atoms with Gasteiger partial charge in [0.2, 0.25) is 0 Å². The van der Waals surface area contributed by atoms with E-state index >= 15 is 0 Å². The number of hydrogen-bond acceptors (Lipinski definition) is 3. The smallest absolute Gasteiger partial charge is 0.254 e. The number of carbonyl (C=O) groups excluding carboxylic acids is 1. The maximum atomic E-state index is 12.6. The van der Waals surface area contributed by atoms with Crippen molar-refractivity contribution in [1.29, 1.82) is 0 Å². The lowest BCUT2D eigenvalue weighted by molar-refractivity contribution is -0.116. The molecule has 24 heavy (non-hydrogen) atoms. The predicted molar refractivity (Wildman–Crippen MR) is 94.4 cm³/mol. The number of aryl methyl sites for hydroxylation is 1. The Labute approximate surface area is 142 Å². The Hall–Kier alpha value is -2.32. The van der Waals surface area contributed by atoms with Crippen LogP contribution in [0.25, 0.3) is 5.57 Å². The summed E-state index contributed by atoms with van der Waals surface area (Å²) in [6, 6.07) is -0.000644. The molecule has 1 amide bonds. The molecule has 0 atom stereocenters. The van der Waals surface area contributed by atoms with Gasteiger partial charge < -0.3 is 15.0 Å². The number of nitrogens with one attached hydrogen (secondary N) is 1. The van der Waals surface area contributed by atoms with Gasteiger partial charge in [0.15, 0.2) is 0 Å². The van der Waals surface area contributed by atoms with Crippen molar-refractivity contribution in [2.45, 2.75) is 52.7 Å². The molecule has 2 N–H and O–H groups in total. The molecule has 0 unspecified atom stereocenters. The lowest BCUT2D eigenvalue weighted by Gasteiger charge is -2.13. The van der Waals surface area contributed by atoms with Crippen LogP contribution < -0.4 is 10.9 Å². The number of aliphatic hydroxyl groups is 1. The van der Waals surface area contributed by atoms with Crippen LogP contribution in [0.15, 0.2) is 16.6 Å². The van der Waals surface area contributed by atoms with E-state index in [1.54, 1.807) is 27.1 Å². The van der Waals surface area contributed by atoms with E-state index in [0.717, 1.165) is 5.57 Å². The van der Waals surface area contributed by atoms with E-state index in [9.17, 15) is 14.7 Å². The Morgan fingerprint density at radius 2 is 2.04 bits per heavy atom. The number of aromatic nitrogens is 1. The first kappa shape index (κ1) is 18.0. The van der Waals surface area contributed by atoms with Gasteiger partial charge in [-0.3, -0.25) is 9.59 Å². The van der Waals surface area contributed by atoms with Crippen molar-refractivity contribution in [1.82, 2.24) is 9.88 Å². The van der Waals surface area contributed by atoms with E-state index in [1.807, 2.05) is 20.8 Å². The molecule has 1 aliphatic carbocycles. The van der Waals surface area contributed by atoms with Crippen molar-refractivity contribution < 1.29 is 9.90 Å². The van der Waals surface area contributed by atoms with Gasteiger partial charge in [0.05, 0.1) is 0 Å². The zero-order valence-corrected chi connectivity index (χ0v) is 15.1. The van der Waals surface area contributed by atoms with Gasteiger partial charge in [-0.15, -0.1) is 0 Å². The van der Waals surface area contributed by atoms with Crippen molar-refractivity contribution in [3.05, 3.63) is 38.8 Å². The highest BCUT2D eigenvalue weighted by Crippen LogP contribution is 2.33. The number of nitrogens with zero attached hydrogens (tertiary/aromatic N) is 1. The zero-order chi connectivity index (χ0) is 18.2. The SMILES string of the molecule is CC1=C(C(=O)NC(C)C)c2c(C#CC(C)(C)O)cn(C)c(=O)c2C1. The van der Waals surface area contributed by atoms with Gasteiger partial charge >= 0.3 is 0 Å². The topological polar surface area (TPSA) is 71.3 Å². The molecule has 1 aliphatic rings. The number of hydrogen-bond donors (Lipinski definition) is 2. The molecular formula is C19H24N2O3. The predicted octanol–water partition coefficient (Wildman–Crippen LogP) is 1.36. The van der Waals surface area contributed by atoms with Crippen LogP contribution in [0.3, 0.4) is 0 Å². The summed E-state index contributed by atoms with van der Waals surface area (Å²) >= 11 is 0. The fraction of sp³-hybridized carbons (Fsp3) is 0.474. The molecule has 5 nitrogen and oxygen atoms in total. The molecule has 5 heteroatoms. The third-order valence-corrected chi connectivity index (χ3v) is 3.74. The van der Waals surface area contributed by atoms with Gasteiger partial charge in [-0.1, -0.05) is 17.4 Å². The summed E-state index contributed by atoms with van der Waals surface area (Å²) in [5, 5.41) is 12.8. The van der Waals surface area contributed by atoms with Crippen LogP contribution in [0.1, 0.15) is 51.3 Å². The minimum atomic E-state index is -1.15. The molecule has 0 radical (unpaired) electrons. The van der Waals surface area contributed by atoms with Gasteiger partial charge in [-0.05, 0) is 34.6 Å². The van der Waals surface area contributed by atoms with E-state index in [-0.39, 0.29) is 17.5 Å². The second kappa shape index (κ2) is 6.29. The maximum Gasteiger partial charge on any atom is 0.254 e. The van der Waals surface area contributed by atoms with Crippen LogP contribution in [-0.4, -0.2) is 27.2 Å². The summed E-state index contributed by atoms with van der Waals surface area (Å²) in [4.78, 5) is 25.1. The summed E-state index contributed by atoms with van der Waals surface area (Å²) < 4.78 is 1.48. The van der Waals surface area contributed by atoms with Gasteiger partial charge in [-0.2, -0.15) is 0 Å². The summed E-state index contributed by atoms with van der Waals surface area (Å²) in [6.45, 7) is 8.83. The number of fused-ring (bicyclic) bond motifs is 1. The fourth-order valence-electron chi connectivity index (χ4n) is 2.77. The van der Waals surface area contributed by atoms with E-state index in [2.05, 4.69) is 17.2 Å². The Balaban J connectivity index is 2.68. The molecule has 0 saturated carbocycles. The van der Waals surface area contributed by atoms with Crippen LogP contribution >= 0.6 is 0 Å². The molecule has 0 aliphatic heterocycles. The molecule has 0 bridgehead atoms. The van der Waals surface area contributed by atoms with Gasteiger partial charge in [-0.25, -0.2) is 0 Å². The summed E-state index contributed by atoms with van der Waals surface area (Å²) in [5.74, 6) is 5.51. The fourth-order valence-corrected chi connectivity index (χ4v) is 2.77. The number of allylic oxidation sites excluding steroid dienone is 1. The van der Waals surface area contributed by atoms with Crippen LogP contribution in [-0.2, 0) is 18.3 Å². The quantitative estimate of drug-likeness (QED) is 0.805. The van der Waals surface area contributed by atoms with Crippen molar-refractivity contribution >= 4 is 11.5 Å². The van der Waals surface area contributed by atoms with Crippen molar-refractivity contribution in [3.8, 4) is 11.8 Å². The van der Waals surface area contributed by atoms with Crippen LogP contribution in [0.5, 0.6) is 0 Å². The first-order valence-electron chi connectivity index (χ1n) is 8.00. The van der Waals surface area contributed by atoms with Gasteiger partial charge in [0.1, 0.15) is 5.60 Å². The molecule has 0 aromatic carbocycles. The molecule has 0 saturated heterocycles. The minimum absolute atomic E-state index is 0.000644. The molecule has 2 rings (SSSR count). The third kappa shape index (κ3) is 3.60. The lowest BCUT2D eigenvalue weighted by atomic mass is 9.99. The zero-order valence-electron chi connectivity index (χ0n) is 15.1. The summed E-state index contributed by atoms with van der Waals surface area (Å²) in [7, 11) is 1.67. The standard InChI is InChI=1S/C19H24N2O3/c1-11(2)20-17(22)15-12(3)9-14-16(15)13(7-8-19(4,5)24)10-21(6)18(14)23/h10-11,24H,9H2,1-6H3,(H,20,22). The van der Waals surface area contributed by atoms with E-state index < -0.39 is 5.60 Å². The first-order chi connectivity index (χ1) is 11.0. The highest BCUT2D eigenvalue weighted by atomic mass is 16.3. The third-order valence-electron chi connectivity index (χ3n) is 3.74. The van der Waals surface area contributed by atoms with Gasteiger partial charge in [0.25, 0.3) is 11.5 Å². The Morgan fingerprint density at radius 1 is 1.42 bits per heavy atom. The number of rotatable bonds is 2. The monoisotopic (exact) mass is 328 g/mol. The second-order valence-electron chi connectivity index (χ2n) is 7.08. The molecule has 0 spiro atoms. The highest BCUT2D eigenvalue weighted by Gasteiger charge is 2.30. The molecule has 0 fully saturated rings. The van der Waals surface area contributed by atoms with Crippen molar-refractivity contribution in [2.24, 2.45) is 7.05 Å². The lowest BCUT2D eigenvalue weighted by Crippen LogP contribution is -2.31. The average Bonchev–Trinajstić information content (AvgIpc) is 2.77. The molecular weight excluding hydrogens is 304 g/mol. The van der Waals surface area contributed by atoms with E-state index in [4.69, 9.17) is 0 Å². The van der Waals surface area contributed by atoms with E-state index in [1.165, 1.54) is 4.57 Å². The number of pyridine rings is 1. The van der Waals surface area contributed by atoms with Gasteiger partial charge in [0, 0.05) is 48.0 Å². The van der Waals surface area contributed by atoms with Crippen LogP contribution in [0.2, 0.25) is 0 Å². The Kier molecular flexibility index (Phi) is 4.73. The molecule has 1 heterocycles. The largest absolute Gasteiger partial charge is 0.378 e. The number of carbonyl (C=O) groups is 1. The normalized spacial score (nSPS) is 13.7.